The highest BCUT2D eigenvalue weighted by Crippen LogP contribution is 2.31. The summed E-state index contributed by atoms with van der Waals surface area (Å²) in [5.74, 6) is -0.325. The monoisotopic (exact) mass is 255 g/mol. The van der Waals surface area contributed by atoms with Crippen LogP contribution in [0.3, 0.4) is 0 Å². The molecule has 2 N–H and O–H groups in total. The summed E-state index contributed by atoms with van der Waals surface area (Å²) in [6.45, 7) is 0. The van der Waals surface area contributed by atoms with Crippen molar-refractivity contribution in [3.8, 4) is 0 Å². The lowest BCUT2D eigenvalue weighted by molar-refractivity contribution is 0.0852. The average molecular weight is 255 g/mol. The topological polar surface area (TPSA) is 75.1 Å². The number of aromatic nitrogens is 2. The number of aliphatic hydroxyl groups excluding tert-OH is 1. The molecule has 19 heavy (non-hydrogen) atoms. The molecule has 1 heterocycles. The van der Waals surface area contributed by atoms with Crippen LogP contribution in [0.4, 0.5) is 0 Å². The second-order valence-electron chi connectivity index (χ2n) is 4.53. The van der Waals surface area contributed by atoms with Crippen molar-refractivity contribution in [1.29, 1.82) is 0 Å². The van der Waals surface area contributed by atoms with E-state index < -0.39 is 6.10 Å². The van der Waals surface area contributed by atoms with Gasteiger partial charge in [0.25, 0.3) is 5.91 Å². The third kappa shape index (κ3) is 2.20. The molecule has 1 aromatic heterocycles. The number of rotatable bonds is 2. The van der Waals surface area contributed by atoms with Gasteiger partial charge in [0, 0.05) is 12.6 Å². The lowest BCUT2D eigenvalue weighted by Gasteiger charge is -2.17. The molecule has 1 amide bonds. The maximum Gasteiger partial charge on any atom is 0.272 e. The molecule has 0 saturated carbocycles. The highest BCUT2D eigenvalue weighted by molar-refractivity contribution is 5.92. The Morgan fingerprint density at radius 3 is 2.89 bits per heavy atom. The van der Waals surface area contributed by atoms with E-state index in [0.29, 0.717) is 6.42 Å². The molecular weight excluding hydrogens is 242 g/mol. The van der Waals surface area contributed by atoms with Gasteiger partial charge < -0.3 is 10.4 Å². The van der Waals surface area contributed by atoms with Crippen molar-refractivity contribution < 1.29 is 9.90 Å². The van der Waals surface area contributed by atoms with E-state index in [1.54, 1.807) is 12.1 Å². The molecule has 0 spiro atoms. The van der Waals surface area contributed by atoms with Gasteiger partial charge in [-0.05, 0) is 23.3 Å². The summed E-state index contributed by atoms with van der Waals surface area (Å²) in [5, 5.41) is 20.3. The summed E-state index contributed by atoms with van der Waals surface area (Å²) < 4.78 is 0. The molecule has 5 heteroatoms. The summed E-state index contributed by atoms with van der Waals surface area (Å²) in [6, 6.07) is 10.6. The van der Waals surface area contributed by atoms with Gasteiger partial charge in [-0.25, -0.2) is 0 Å². The fourth-order valence-corrected chi connectivity index (χ4v) is 2.39. The second-order valence-corrected chi connectivity index (χ2v) is 4.53. The first-order valence-electron chi connectivity index (χ1n) is 6.10. The van der Waals surface area contributed by atoms with Gasteiger partial charge in [0.1, 0.15) is 0 Å². The van der Waals surface area contributed by atoms with Crippen molar-refractivity contribution in [2.45, 2.75) is 18.6 Å². The van der Waals surface area contributed by atoms with E-state index in [1.807, 2.05) is 24.3 Å². The Morgan fingerprint density at radius 1 is 1.26 bits per heavy atom. The number of hydrogen-bond donors (Lipinski definition) is 2. The van der Waals surface area contributed by atoms with Gasteiger partial charge in [-0.3, -0.25) is 4.79 Å². The summed E-state index contributed by atoms with van der Waals surface area (Å²) >= 11 is 0. The molecule has 1 aromatic carbocycles. The van der Waals surface area contributed by atoms with Gasteiger partial charge in [-0.1, -0.05) is 24.3 Å². The number of fused-ring (bicyclic) bond motifs is 1. The number of benzene rings is 1. The van der Waals surface area contributed by atoms with Crippen LogP contribution in [0.2, 0.25) is 0 Å². The van der Waals surface area contributed by atoms with Crippen LogP contribution in [0.1, 0.15) is 27.7 Å². The van der Waals surface area contributed by atoms with E-state index in [0.717, 1.165) is 11.1 Å². The highest BCUT2D eigenvalue weighted by atomic mass is 16.3. The van der Waals surface area contributed by atoms with Gasteiger partial charge in [0.2, 0.25) is 0 Å². The maximum absolute atomic E-state index is 12.0. The van der Waals surface area contributed by atoms with Gasteiger partial charge in [0.05, 0.1) is 12.1 Å². The SMILES string of the molecule is O=C(NC1c2ccccc2CC1O)c1cccnn1. The minimum atomic E-state index is -0.599. The van der Waals surface area contributed by atoms with Gasteiger partial charge in [-0.15, -0.1) is 5.10 Å². The Kier molecular flexibility index (Phi) is 2.97. The van der Waals surface area contributed by atoms with Crippen molar-refractivity contribution in [2.24, 2.45) is 0 Å². The smallest absolute Gasteiger partial charge is 0.272 e. The van der Waals surface area contributed by atoms with E-state index >= 15 is 0 Å². The molecule has 2 unspecified atom stereocenters. The number of nitrogens with zero attached hydrogens (tertiary/aromatic N) is 2. The van der Waals surface area contributed by atoms with Gasteiger partial charge >= 0.3 is 0 Å². The van der Waals surface area contributed by atoms with Crippen molar-refractivity contribution in [3.63, 3.8) is 0 Å². The second kappa shape index (κ2) is 4.78. The lowest BCUT2D eigenvalue weighted by Crippen LogP contribution is -2.34. The van der Waals surface area contributed by atoms with E-state index in [1.165, 1.54) is 6.20 Å². The zero-order valence-electron chi connectivity index (χ0n) is 10.2. The van der Waals surface area contributed by atoms with Crippen molar-refractivity contribution in [2.75, 3.05) is 0 Å². The quantitative estimate of drug-likeness (QED) is 0.834. The lowest BCUT2D eigenvalue weighted by atomic mass is 10.1. The van der Waals surface area contributed by atoms with E-state index in [4.69, 9.17) is 0 Å². The third-order valence-corrected chi connectivity index (χ3v) is 3.30. The maximum atomic E-state index is 12.0. The molecule has 0 aliphatic heterocycles. The number of nitrogens with one attached hydrogen (secondary N) is 1. The number of amides is 1. The number of carbonyl (C=O) groups is 1. The van der Waals surface area contributed by atoms with E-state index in [2.05, 4.69) is 15.5 Å². The third-order valence-electron chi connectivity index (χ3n) is 3.30. The molecule has 2 aromatic rings. The Balaban J connectivity index is 1.82. The fourth-order valence-electron chi connectivity index (χ4n) is 2.39. The molecule has 0 fully saturated rings. The number of aliphatic hydroxyl groups is 1. The molecule has 5 nitrogen and oxygen atoms in total. The van der Waals surface area contributed by atoms with Crippen LogP contribution in [0.5, 0.6) is 0 Å². The normalized spacial score (nSPS) is 20.9. The molecular formula is C14H13N3O2. The summed E-state index contributed by atoms with van der Waals surface area (Å²) in [5.41, 5.74) is 2.28. The molecule has 1 aliphatic carbocycles. The van der Waals surface area contributed by atoms with Gasteiger partial charge in [0.15, 0.2) is 5.69 Å². The number of hydrogen-bond acceptors (Lipinski definition) is 4. The van der Waals surface area contributed by atoms with Crippen LogP contribution in [-0.2, 0) is 6.42 Å². The Morgan fingerprint density at radius 2 is 2.11 bits per heavy atom. The fraction of sp³-hybridized carbons (Fsp3) is 0.214. The Labute approximate surface area is 110 Å². The summed E-state index contributed by atoms with van der Waals surface area (Å²) in [4.78, 5) is 12.0. The van der Waals surface area contributed by atoms with Crippen LogP contribution < -0.4 is 5.32 Å². The molecule has 2 atom stereocenters. The van der Waals surface area contributed by atoms with Crippen LogP contribution in [0.25, 0.3) is 0 Å². The number of carbonyl (C=O) groups excluding carboxylic acids is 1. The highest BCUT2D eigenvalue weighted by Gasteiger charge is 2.32. The molecule has 0 saturated heterocycles. The first-order valence-corrected chi connectivity index (χ1v) is 6.10. The van der Waals surface area contributed by atoms with E-state index in [-0.39, 0.29) is 17.6 Å². The summed E-state index contributed by atoms with van der Waals surface area (Å²) in [7, 11) is 0. The van der Waals surface area contributed by atoms with Crippen molar-refractivity contribution in [1.82, 2.24) is 15.5 Å². The zero-order chi connectivity index (χ0) is 13.2. The zero-order valence-corrected chi connectivity index (χ0v) is 10.2. The summed E-state index contributed by atoms with van der Waals surface area (Å²) in [6.07, 6.45) is 1.47. The Bertz CT molecular complexity index is 601. The Hall–Kier alpha value is -2.27. The van der Waals surface area contributed by atoms with E-state index in [9.17, 15) is 9.90 Å². The molecule has 0 bridgehead atoms. The predicted octanol–water partition coefficient (Wildman–Crippen LogP) is 0.865. The largest absolute Gasteiger partial charge is 0.390 e. The van der Waals surface area contributed by atoms with Crippen LogP contribution in [0.15, 0.2) is 42.6 Å². The first kappa shape index (κ1) is 11.8. The van der Waals surface area contributed by atoms with Crippen LogP contribution in [0, 0.1) is 0 Å². The minimum absolute atomic E-state index is 0.249. The average Bonchev–Trinajstić information content (AvgIpc) is 2.76. The standard InChI is InChI=1S/C14H13N3O2/c18-12-8-9-4-1-2-5-10(9)13(12)16-14(19)11-6-3-7-15-17-11/h1-7,12-13,18H,8H2,(H,16,19). The molecule has 1 aliphatic rings. The molecule has 96 valence electrons. The van der Waals surface area contributed by atoms with Crippen LogP contribution in [-0.4, -0.2) is 27.3 Å². The minimum Gasteiger partial charge on any atom is -0.390 e. The van der Waals surface area contributed by atoms with Crippen LogP contribution >= 0.6 is 0 Å². The van der Waals surface area contributed by atoms with Crippen molar-refractivity contribution >= 4 is 5.91 Å². The van der Waals surface area contributed by atoms with Gasteiger partial charge in [-0.2, -0.15) is 5.10 Å². The molecule has 3 rings (SSSR count). The molecule has 0 radical (unpaired) electrons. The van der Waals surface area contributed by atoms with Crippen molar-refractivity contribution in [3.05, 3.63) is 59.4 Å². The predicted molar refractivity (Wildman–Crippen MR) is 68.4 cm³/mol. The first-order chi connectivity index (χ1) is 9.25.